The van der Waals surface area contributed by atoms with Gasteiger partial charge in [-0.3, -0.25) is 9.10 Å². The van der Waals surface area contributed by atoms with Gasteiger partial charge in [-0.1, -0.05) is 38.5 Å². The van der Waals surface area contributed by atoms with Gasteiger partial charge in [0.1, 0.15) is 0 Å². The highest BCUT2D eigenvalue weighted by atomic mass is 32.2. The van der Waals surface area contributed by atoms with Crippen molar-refractivity contribution in [3.8, 4) is 0 Å². The van der Waals surface area contributed by atoms with E-state index in [0.717, 1.165) is 30.5 Å². The van der Waals surface area contributed by atoms with E-state index in [4.69, 9.17) is 0 Å². The van der Waals surface area contributed by atoms with E-state index < -0.39 is 10.0 Å². The zero-order valence-electron chi connectivity index (χ0n) is 13.2. The van der Waals surface area contributed by atoms with E-state index in [1.807, 2.05) is 38.1 Å². The molecule has 6 heteroatoms. The van der Waals surface area contributed by atoms with E-state index in [0.29, 0.717) is 6.54 Å². The van der Waals surface area contributed by atoms with E-state index >= 15 is 0 Å². The van der Waals surface area contributed by atoms with Crippen molar-refractivity contribution in [1.82, 2.24) is 5.32 Å². The first-order valence-electron chi connectivity index (χ1n) is 7.81. The van der Waals surface area contributed by atoms with Gasteiger partial charge in [-0.15, -0.1) is 0 Å². The second-order valence-corrected chi connectivity index (χ2v) is 7.76. The van der Waals surface area contributed by atoms with Crippen molar-refractivity contribution < 1.29 is 13.2 Å². The first kappa shape index (κ1) is 16.8. The molecule has 0 spiro atoms. The number of benzene rings is 1. The molecule has 1 heterocycles. The molecule has 22 heavy (non-hydrogen) atoms. The largest absolute Gasteiger partial charge is 0.355 e. The molecule has 5 nitrogen and oxygen atoms in total. The van der Waals surface area contributed by atoms with Gasteiger partial charge in [0.15, 0.2) is 0 Å². The first-order chi connectivity index (χ1) is 10.5. The molecular formula is C16H24N2O3S. The molecule has 0 aromatic heterocycles. The number of fused-ring (bicyclic) bond motifs is 1. The lowest BCUT2D eigenvalue weighted by Gasteiger charge is -2.20. The molecule has 122 valence electrons. The highest BCUT2D eigenvalue weighted by Gasteiger charge is 2.28. The molecule has 1 aliphatic heterocycles. The number of carbonyl (C=O) groups is 1. The second-order valence-electron chi connectivity index (χ2n) is 5.75. The van der Waals surface area contributed by atoms with Crippen molar-refractivity contribution in [1.29, 1.82) is 0 Å². The number of hydrogen-bond acceptors (Lipinski definition) is 3. The smallest absolute Gasteiger partial charge is 0.236 e. The molecule has 1 atom stereocenters. The molecule has 1 aromatic carbocycles. The molecule has 0 fully saturated rings. The average Bonchev–Trinajstić information content (AvgIpc) is 2.92. The van der Waals surface area contributed by atoms with Gasteiger partial charge in [-0.25, -0.2) is 8.42 Å². The van der Waals surface area contributed by atoms with Crippen LogP contribution in [0.2, 0.25) is 0 Å². The normalized spacial score (nSPS) is 15.5. The Bertz CT molecular complexity index is 628. The molecule has 0 saturated carbocycles. The molecule has 1 aromatic rings. The van der Waals surface area contributed by atoms with Gasteiger partial charge < -0.3 is 5.32 Å². The molecule has 0 aliphatic carbocycles. The quantitative estimate of drug-likeness (QED) is 0.833. The van der Waals surface area contributed by atoms with Gasteiger partial charge in [0, 0.05) is 19.0 Å². The van der Waals surface area contributed by atoms with Crippen LogP contribution in [-0.4, -0.2) is 33.2 Å². The predicted molar refractivity (Wildman–Crippen MR) is 88.4 cm³/mol. The van der Waals surface area contributed by atoms with Crippen molar-refractivity contribution in [3.63, 3.8) is 0 Å². The van der Waals surface area contributed by atoms with E-state index in [-0.39, 0.29) is 24.1 Å². The molecule has 0 saturated heterocycles. The predicted octanol–water partition coefficient (Wildman–Crippen LogP) is 1.93. The summed E-state index contributed by atoms with van der Waals surface area (Å²) in [6.45, 7) is 4.54. The van der Waals surface area contributed by atoms with Crippen LogP contribution in [0.5, 0.6) is 0 Å². The minimum absolute atomic E-state index is 0.0636. The summed E-state index contributed by atoms with van der Waals surface area (Å²) in [5, 5.41) is 2.73. The van der Waals surface area contributed by atoms with Gasteiger partial charge >= 0.3 is 0 Å². The van der Waals surface area contributed by atoms with E-state index in [1.165, 1.54) is 4.31 Å². The summed E-state index contributed by atoms with van der Waals surface area (Å²) in [7, 11) is -3.39. The standard InChI is InChI=1S/C16H24N2O3S/c1-3-6-13(2)16(19)17-10-12-22(20,21)18-11-9-14-7-4-5-8-15(14)18/h4-5,7-8,13H,3,6,9-12H2,1-2H3,(H,17,19)/t13-/m1/s1. The first-order valence-corrected chi connectivity index (χ1v) is 9.42. The van der Waals surface area contributed by atoms with Crippen LogP contribution in [0.25, 0.3) is 0 Å². The Morgan fingerprint density at radius 2 is 2.09 bits per heavy atom. The monoisotopic (exact) mass is 324 g/mol. The van der Waals surface area contributed by atoms with Crippen LogP contribution >= 0.6 is 0 Å². The fourth-order valence-electron chi connectivity index (χ4n) is 2.75. The Hall–Kier alpha value is -1.56. The van der Waals surface area contributed by atoms with E-state index in [1.54, 1.807) is 0 Å². The molecule has 0 radical (unpaired) electrons. The highest BCUT2D eigenvalue weighted by Crippen LogP contribution is 2.29. The van der Waals surface area contributed by atoms with Crippen LogP contribution in [0.1, 0.15) is 32.3 Å². The van der Waals surface area contributed by atoms with E-state index in [2.05, 4.69) is 5.32 Å². The Morgan fingerprint density at radius 1 is 1.36 bits per heavy atom. The number of amides is 1. The van der Waals surface area contributed by atoms with Crippen LogP contribution < -0.4 is 9.62 Å². The lowest BCUT2D eigenvalue weighted by Crippen LogP contribution is -2.38. The maximum absolute atomic E-state index is 12.4. The van der Waals surface area contributed by atoms with Crippen LogP contribution in [0.3, 0.4) is 0 Å². The second kappa shape index (κ2) is 7.13. The summed E-state index contributed by atoms with van der Waals surface area (Å²) in [5.41, 5.74) is 1.83. The summed E-state index contributed by atoms with van der Waals surface area (Å²) in [6.07, 6.45) is 2.50. The summed E-state index contributed by atoms with van der Waals surface area (Å²) in [6, 6.07) is 7.56. The lowest BCUT2D eigenvalue weighted by molar-refractivity contribution is -0.124. The molecule has 2 rings (SSSR count). The van der Waals surface area contributed by atoms with Crippen LogP contribution in [0.4, 0.5) is 5.69 Å². The summed E-state index contributed by atoms with van der Waals surface area (Å²) in [5.74, 6) is -0.203. The Labute approximate surface area is 132 Å². The number of para-hydroxylation sites is 1. The zero-order valence-corrected chi connectivity index (χ0v) is 14.0. The van der Waals surface area contributed by atoms with Crippen molar-refractivity contribution in [2.24, 2.45) is 5.92 Å². The zero-order chi connectivity index (χ0) is 16.2. The lowest BCUT2D eigenvalue weighted by atomic mass is 10.1. The fraction of sp³-hybridized carbons (Fsp3) is 0.562. The third kappa shape index (κ3) is 3.80. The number of rotatable bonds is 7. The molecule has 1 aliphatic rings. The minimum Gasteiger partial charge on any atom is -0.355 e. The van der Waals surface area contributed by atoms with Crippen molar-refractivity contribution in [2.45, 2.75) is 33.1 Å². The van der Waals surface area contributed by atoms with Gasteiger partial charge in [0.2, 0.25) is 15.9 Å². The van der Waals surface area contributed by atoms with Crippen molar-refractivity contribution >= 4 is 21.6 Å². The van der Waals surface area contributed by atoms with Crippen molar-refractivity contribution in [3.05, 3.63) is 29.8 Å². The van der Waals surface area contributed by atoms with Gasteiger partial charge in [0.05, 0.1) is 11.4 Å². The number of nitrogens with zero attached hydrogens (tertiary/aromatic N) is 1. The van der Waals surface area contributed by atoms with E-state index in [9.17, 15) is 13.2 Å². The summed E-state index contributed by atoms with van der Waals surface area (Å²) in [4.78, 5) is 11.8. The molecule has 1 amide bonds. The Balaban J connectivity index is 1.92. The third-order valence-corrected chi connectivity index (χ3v) is 5.78. The topological polar surface area (TPSA) is 66.5 Å². The number of sulfonamides is 1. The number of hydrogen-bond donors (Lipinski definition) is 1. The number of anilines is 1. The van der Waals surface area contributed by atoms with Crippen LogP contribution in [0.15, 0.2) is 24.3 Å². The Morgan fingerprint density at radius 3 is 2.82 bits per heavy atom. The van der Waals surface area contributed by atoms with Gasteiger partial charge in [-0.05, 0) is 24.5 Å². The SMILES string of the molecule is CCC[C@@H](C)C(=O)NCCS(=O)(=O)N1CCc2ccccc21. The summed E-state index contributed by atoms with van der Waals surface area (Å²) < 4.78 is 26.4. The fourth-order valence-corrected chi connectivity index (χ4v) is 4.18. The van der Waals surface area contributed by atoms with Crippen LogP contribution in [0, 0.1) is 5.92 Å². The minimum atomic E-state index is -3.39. The number of nitrogens with one attached hydrogen (secondary N) is 1. The maximum Gasteiger partial charge on any atom is 0.236 e. The van der Waals surface area contributed by atoms with Crippen LogP contribution in [-0.2, 0) is 21.2 Å². The average molecular weight is 324 g/mol. The Kier molecular flexibility index (Phi) is 5.45. The maximum atomic E-state index is 12.4. The van der Waals surface area contributed by atoms with Gasteiger partial charge in [-0.2, -0.15) is 0 Å². The van der Waals surface area contributed by atoms with Crippen molar-refractivity contribution in [2.75, 3.05) is 23.1 Å². The van der Waals surface area contributed by atoms with Gasteiger partial charge in [0.25, 0.3) is 0 Å². The summed E-state index contributed by atoms with van der Waals surface area (Å²) >= 11 is 0. The highest BCUT2D eigenvalue weighted by molar-refractivity contribution is 7.92. The molecule has 0 bridgehead atoms. The molecular weight excluding hydrogens is 300 g/mol. The molecule has 1 N–H and O–H groups in total. The molecule has 0 unspecified atom stereocenters. The third-order valence-electron chi connectivity index (χ3n) is 4.01. The number of carbonyl (C=O) groups excluding carboxylic acids is 1.